The Bertz CT molecular complexity index is 406. The first-order valence-corrected chi connectivity index (χ1v) is 7.08. The Balaban J connectivity index is 2.55. The van der Waals surface area contributed by atoms with Gasteiger partial charge in [-0.1, -0.05) is 6.07 Å². The van der Waals surface area contributed by atoms with Gasteiger partial charge in [0.05, 0.1) is 5.69 Å². The Hall–Kier alpha value is -0.710. The van der Waals surface area contributed by atoms with Crippen LogP contribution in [0.2, 0.25) is 0 Å². The first-order chi connectivity index (χ1) is 8.69. The number of benzene rings is 1. The van der Waals surface area contributed by atoms with Crippen LogP contribution in [0.4, 0.5) is 18.9 Å². The third-order valence-electron chi connectivity index (χ3n) is 2.92. The van der Waals surface area contributed by atoms with E-state index in [0.717, 1.165) is 21.3 Å². The molecule has 1 atom stereocenters. The second-order valence-electron chi connectivity index (χ2n) is 4.99. The summed E-state index contributed by atoms with van der Waals surface area (Å²) in [5.74, 6) is 0. The first-order valence-electron chi connectivity index (χ1n) is 6.29. The molecule has 0 saturated carbocycles. The maximum atomic E-state index is 12.1. The second-order valence-corrected chi connectivity index (χ2v) is 5.85. The summed E-state index contributed by atoms with van der Waals surface area (Å²) in [5, 5.41) is 3.28. The Morgan fingerprint density at radius 2 is 1.89 bits per heavy atom. The molecule has 1 nitrogen and oxygen atoms in total. The number of hydrogen-bond acceptors (Lipinski definition) is 1. The Morgan fingerprint density at radius 3 is 2.42 bits per heavy atom. The Kier molecular flexibility index (Phi) is 5.71. The molecule has 1 aromatic carbocycles. The number of hydrogen-bond donors (Lipinski definition) is 1. The number of halogens is 4. The minimum Gasteiger partial charge on any atom is -0.381 e. The molecule has 0 aliphatic rings. The van der Waals surface area contributed by atoms with E-state index in [-0.39, 0.29) is 12.5 Å². The van der Waals surface area contributed by atoms with Gasteiger partial charge in [0.1, 0.15) is 0 Å². The van der Waals surface area contributed by atoms with E-state index in [4.69, 9.17) is 0 Å². The molecule has 0 aliphatic carbocycles. The van der Waals surface area contributed by atoms with E-state index in [1.165, 1.54) is 0 Å². The van der Waals surface area contributed by atoms with E-state index in [1.807, 2.05) is 26.8 Å². The highest BCUT2D eigenvalue weighted by molar-refractivity contribution is 9.10. The van der Waals surface area contributed by atoms with Crippen LogP contribution in [0, 0.1) is 13.8 Å². The van der Waals surface area contributed by atoms with Crippen LogP contribution in [0.25, 0.3) is 0 Å². The number of aryl methyl sites for hydroxylation is 2. The molecule has 5 heteroatoms. The standard InChI is InChI=1S/C14H19BrF3N/c1-9-7-10(2)13(12(15)8-9)19-11(3)5-4-6-14(16,17)18/h7-8,11,19H,4-6H2,1-3H3. The molecule has 0 radical (unpaired) electrons. The van der Waals surface area contributed by atoms with Gasteiger partial charge in [0.15, 0.2) is 0 Å². The molecule has 0 saturated heterocycles. The summed E-state index contributed by atoms with van der Waals surface area (Å²) in [4.78, 5) is 0. The highest BCUT2D eigenvalue weighted by Crippen LogP contribution is 2.29. The van der Waals surface area contributed by atoms with Crippen molar-refractivity contribution in [2.75, 3.05) is 5.32 Å². The predicted molar refractivity (Wildman–Crippen MR) is 76.6 cm³/mol. The van der Waals surface area contributed by atoms with Crippen molar-refractivity contribution in [2.24, 2.45) is 0 Å². The molecular weight excluding hydrogens is 319 g/mol. The number of rotatable bonds is 5. The quantitative estimate of drug-likeness (QED) is 0.737. The van der Waals surface area contributed by atoms with Gasteiger partial charge in [0.25, 0.3) is 0 Å². The molecule has 1 aromatic rings. The fourth-order valence-corrected chi connectivity index (χ4v) is 2.81. The summed E-state index contributed by atoms with van der Waals surface area (Å²) < 4.78 is 37.2. The van der Waals surface area contributed by atoms with Crippen LogP contribution in [0.1, 0.15) is 37.3 Å². The molecule has 0 aromatic heterocycles. The van der Waals surface area contributed by atoms with Gasteiger partial charge in [-0.25, -0.2) is 0 Å². The van der Waals surface area contributed by atoms with Crippen molar-refractivity contribution < 1.29 is 13.2 Å². The summed E-state index contributed by atoms with van der Waals surface area (Å²) in [6, 6.07) is 4.06. The molecule has 0 spiro atoms. The second kappa shape index (κ2) is 6.64. The number of nitrogens with one attached hydrogen (secondary N) is 1. The molecule has 0 fully saturated rings. The van der Waals surface area contributed by atoms with Crippen LogP contribution >= 0.6 is 15.9 Å². The molecule has 19 heavy (non-hydrogen) atoms. The Labute approximate surface area is 120 Å². The van der Waals surface area contributed by atoms with Crippen molar-refractivity contribution in [3.63, 3.8) is 0 Å². The van der Waals surface area contributed by atoms with Crippen LogP contribution in [0.15, 0.2) is 16.6 Å². The summed E-state index contributed by atoms with van der Waals surface area (Å²) in [5.41, 5.74) is 3.21. The third kappa shape index (κ3) is 5.85. The first kappa shape index (κ1) is 16.3. The van der Waals surface area contributed by atoms with Crippen LogP contribution in [0.3, 0.4) is 0 Å². The fraction of sp³-hybridized carbons (Fsp3) is 0.571. The van der Waals surface area contributed by atoms with Crippen LogP contribution in [-0.4, -0.2) is 12.2 Å². The van der Waals surface area contributed by atoms with E-state index in [9.17, 15) is 13.2 Å². The highest BCUT2D eigenvalue weighted by atomic mass is 79.9. The minimum absolute atomic E-state index is 0.0139. The van der Waals surface area contributed by atoms with Gasteiger partial charge in [0, 0.05) is 16.9 Å². The SMILES string of the molecule is Cc1cc(C)c(NC(C)CCCC(F)(F)F)c(Br)c1. The van der Waals surface area contributed by atoms with E-state index < -0.39 is 12.6 Å². The van der Waals surface area contributed by atoms with Crippen LogP contribution in [0.5, 0.6) is 0 Å². The highest BCUT2D eigenvalue weighted by Gasteiger charge is 2.26. The minimum atomic E-state index is -4.06. The van der Waals surface area contributed by atoms with E-state index in [0.29, 0.717) is 6.42 Å². The maximum Gasteiger partial charge on any atom is 0.389 e. The van der Waals surface area contributed by atoms with Gasteiger partial charge in [-0.05, 0) is 66.7 Å². The molecule has 108 valence electrons. The maximum absolute atomic E-state index is 12.1. The van der Waals surface area contributed by atoms with Crippen molar-refractivity contribution in [2.45, 2.75) is 52.3 Å². The van der Waals surface area contributed by atoms with Crippen molar-refractivity contribution >= 4 is 21.6 Å². The summed E-state index contributed by atoms with van der Waals surface area (Å²) in [6.07, 6.45) is -4.12. The monoisotopic (exact) mass is 337 g/mol. The van der Waals surface area contributed by atoms with Gasteiger partial charge in [-0.3, -0.25) is 0 Å². The lowest BCUT2D eigenvalue weighted by molar-refractivity contribution is -0.135. The molecule has 0 aliphatic heterocycles. The van der Waals surface area contributed by atoms with Gasteiger partial charge < -0.3 is 5.32 Å². The normalized spacial score (nSPS) is 13.4. The largest absolute Gasteiger partial charge is 0.389 e. The van der Waals surface area contributed by atoms with Gasteiger partial charge >= 0.3 is 6.18 Å². The van der Waals surface area contributed by atoms with Crippen molar-refractivity contribution in [1.82, 2.24) is 0 Å². The number of alkyl halides is 3. The van der Waals surface area contributed by atoms with Gasteiger partial charge in [-0.2, -0.15) is 13.2 Å². The number of anilines is 1. The average molecular weight is 338 g/mol. The van der Waals surface area contributed by atoms with Crippen molar-refractivity contribution in [3.8, 4) is 0 Å². The third-order valence-corrected chi connectivity index (χ3v) is 3.55. The summed E-state index contributed by atoms with van der Waals surface area (Å²) >= 11 is 3.48. The zero-order chi connectivity index (χ0) is 14.6. The predicted octanol–water partition coefficient (Wildman–Crippen LogP) is 5.60. The van der Waals surface area contributed by atoms with E-state index in [1.54, 1.807) is 0 Å². The van der Waals surface area contributed by atoms with Crippen LogP contribution in [-0.2, 0) is 0 Å². The topological polar surface area (TPSA) is 12.0 Å². The van der Waals surface area contributed by atoms with Crippen molar-refractivity contribution in [1.29, 1.82) is 0 Å². The lowest BCUT2D eigenvalue weighted by Crippen LogP contribution is -2.17. The van der Waals surface area contributed by atoms with E-state index in [2.05, 4.69) is 27.3 Å². The molecule has 1 N–H and O–H groups in total. The van der Waals surface area contributed by atoms with Gasteiger partial charge in [0.2, 0.25) is 0 Å². The fourth-order valence-electron chi connectivity index (χ4n) is 2.03. The van der Waals surface area contributed by atoms with E-state index >= 15 is 0 Å². The zero-order valence-electron chi connectivity index (χ0n) is 11.4. The van der Waals surface area contributed by atoms with Gasteiger partial charge in [-0.15, -0.1) is 0 Å². The summed E-state index contributed by atoms with van der Waals surface area (Å²) in [7, 11) is 0. The lowest BCUT2D eigenvalue weighted by Gasteiger charge is -2.19. The molecule has 0 bridgehead atoms. The molecule has 0 amide bonds. The Morgan fingerprint density at radius 1 is 1.26 bits per heavy atom. The van der Waals surface area contributed by atoms with Crippen LogP contribution < -0.4 is 5.32 Å². The molecule has 1 rings (SSSR count). The molecule has 0 heterocycles. The zero-order valence-corrected chi connectivity index (χ0v) is 13.0. The smallest absolute Gasteiger partial charge is 0.381 e. The van der Waals surface area contributed by atoms with Crippen molar-refractivity contribution in [3.05, 3.63) is 27.7 Å². The average Bonchev–Trinajstić information content (AvgIpc) is 2.21. The molecular formula is C14H19BrF3N. The molecule has 1 unspecified atom stereocenters. The lowest BCUT2D eigenvalue weighted by atomic mass is 10.1. The summed E-state index contributed by atoms with van der Waals surface area (Å²) in [6.45, 7) is 5.90.